The van der Waals surface area contributed by atoms with Crippen LogP contribution in [0.5, 0.6) is 0 Å². The molecule has 2 fully saturated rings. The van der Waals surface area contributed by atoms with Crippen LogP contribution in [0.25, 0.3) is 0 Å². The predicted molar refractivity (Wildman–Crippen MR) is 130 cm³/mol. The molecule has 3 nitrogen and oxygen atoms in total. The number of allylic oxidation sites excluding steroid dienone is 4. The molecule has 1 aromatic carbocycles. The van der Waals surface area contributed by atoms with Gasteiger partial charge >= 0.3 is 0 Å². The summed E-state index contributed by atoms with van der Waals surface area (Å²) in [5, 5.41) is 2.16. The van der Waals surface area contributed by atoms with E-state index in [0.717, 1.165) is 79.3 Å². The lowest BCUT2D eigenvalue weighted by Crippen LogP contribution is -2.41. The lowest BCUT2D eigenvalue weighted by molar-refractivity contribution is 0.127. The molecule has 5 rings (SSSR count). The Morgan fingerprint density at radius 2 is 1.35 bits per heavy atom. The van der Waals surface area contributed by atoms with Gasteiger partial charge in [-0.15, -0.1) is 0 Å². The SMILES string of the molecule is ClC1=CC[C@@H]2CN(CCN(Cc3ccccc3)CN3C[C@@H]4CC=C(Cl)C[C@H]4C3)C[C@@H]2C1. The average Bonchev–Trinajstić information content (AvgIpc) is 3.35. The van der Waals surface area contributed by atoms with Gasteiger partial charge in [-0.1, -0.05) is 65.7 Å². The van der Waals surface area contributed by atoms with Crippen LogP contribution in [0.4, 0.5) is 0 Å². The molecule has 4 aliphatic rings. The van der Waals surface area contributed by atoms with E-state index in [1.165, 1.54) is 38.2 Å². The minimum Gasteiger partial charge on any atom is -0.301 e. The zero-order valence-electron chi connectivity index (χ0n) is 18.4. The Hall–Kier alpha value is -0.840. The lowest BCUT2D eigenvalue weighted by atomic mass is 9.86. The van der Waals surface area contributed by atoms with Crippen LogP contribution in [-0.4, -0.2) is 60.6 Å². The van der Waals surface area contributed by atoms with Gasteiger partial charge < -0.3 is 4.90 Å². The van der Waals surface area contributed by atoms with Crippen LogP contribution in [0.15, 0.2) is 52.5 Å². The van der Waals surface area contributed by atoms with Gasteiger partial charge in [0.1, 0.15) is 0 Å². The summed E-state index contributed by atoms with van der Waals surface area (Å²) in [7, 11) is 0. The number of halogens is 2. The molecule has 168 valence electrons. The van der Waals surface area contributed by atoms with Crippen molar-refractivity contribution < 1.29 is 0 Å². The first kappa shape index (κ1) is 22.0. The Labute approximate surface area is 197 Å². The van der Waals surface area contributed by atoms with Crippen molar-refractivity contribution in [1.82, 2.24) is 14.7 Å². The molecule has 0 radical (unpaired) electrons. The maximum atomic E-state index is 6.34. The van der Waals surface area contributed by atoms with Crippen molar-refractivity contribution in [2.75, 3.05) is 45.9 Å². The summed E-state index contributed by atoms with van der Waals surface area (Å²) in [4.78, 5) is 8.02. The summed E-state index contributed by atoms with van der Waals surface area (Å²) in [5.41, 5.74) is 1.41. The molecule has 2 aliphatic carbocycles. The molecule has 0 unspecified atom stereocenters. The van der Waals surface area contributed by atoms with E-state index < -0.39 is 0 Å². The minimum atomic E-state index is 0.745. The molecular weight excluding hydrogens is 425 g/mol. The first-order valence-corrected chi connectivity index (χ1v) is 12.8. The molecule has 2 heterocycles. The van der Waals surface area contributed by atoms with E-state index in [0.29, 0.717) is 0 Å². The normalized spacial score (nSPS) is 31.5. The van der Waals surface area contributed by atoms with Crippen LogP contribution < -0.4 is 0 Å². The molecule has 1 aromatic rings. The average molecular weight is 460 g/mol. The number of nitrogens with zero attached hydrogens (tertiary/aromatic N) is 3. The van der Waals surface area contributed by atoms with Gasteiger partial charge in [0, 0.05) is 55.9 Å². The van der Waals surface area contributed by atoms with Crippen LogP contribution in [0.3, 0.4) is 0 Å². The number of rotatable bonds is 7. The largest absolute Gasteiger partial charge is 0.301 e. The highest BCUT2D eigenvalue weighted by Gasteiger charge is 2.36. The monoisotopic (exact) mass is 459 g/mol. The zero-order chi connectivity index (χ0) is 21.2. The standard InChI is InChI=1S/C26H35Cl2N3/c27-25-8-6-21-15-29(17-23(21)12-25)10-11-30(14-20-4-2-1-3-5-20)19-31-16-22-7-9-26(28)13-24(22)18-31/h1-5,8-9,21-24H,6-7,10-19H2/t21-,22+,23+,24+/m1/s1. The summed E-state index contributed by atoms with van der Waals surface area (Å²) >= 11 is 12.7. The van der Waals surface area contributed by atoms with Crippen molar-refractivity contribution in [3.8, 4) is 0 Å². The van der Waals surface area contributed by atoms with Crippen LogP contribution in [0.1, 0.15) is 31.2 Å². The topological polar surface area (TPSA) is 9.72 Å². The number of hydrogen-bond donors (Lipinski definition) is 0. The molecule has 5 heteroatoms. The predicted octanol–water partition coefficient (Wildman–Crippen LogP) is 5.38. The van der Waals surface area contributed by atoms with Crippen molar-refractivity contribution >= 4 is 23.2 Å². The van der Waals surface area contributed by atoms with Crippen molar-refractivity contribution in [2.45, 2.75) is 32.2 Å². The highest BCUT2D eigenvalue weighted by atomic mass is 35.5. The van der Waals surface area contributed by atoms with Crippen LogP contribution in [0.2, 0.25) is 0 Å². The second kappa shape index (κ2) is 9.97. The number of hydrogen-bond acceptors (Lipinski definition) is 3. The van der Waals surface area contributed by atoms with E-state index in [-0.39, 0.29) is 0 Å². The summed E-state index contributed by atoms with van der Waals surface area (Å²) in [5.74, 6) is 3.11. The van der Waals surface area contributed by atoms with Gasteiger partial charge in [-0.25, -0.2) is 0 Å². The quantitative estimate of drug-likeness (QED) is 0.541. The fourth-order valence-electron chi connectivity index (χ4n) is 6.20. The van der Waals surface area contributed by atoms with Crippen molar-refractivity contribution in [3.05, 3.63) is 58.1 Å². The van der Waals surface area contributed by atoms with Gasteiger partial charge in [0.2, 0.25) is 0 Å². The third-order valence-electron chi connectivity index (χ3n) is 7.88. The Bertz CT molecular complexity index is 808. The first-order valence-electron chi connectivity index (χ1n) is 12.0. The molecule has 4 atom stereocenters. The molecule has 2 saturated heterocycles. The van der Waals surface area contributed by atoms with Gasteiger partial charge in [-0.05, 0) is 54.9 Å². The molecule has 0 bridgehead atoms. The second-order valence-corrected chi connectivity index (χ2v) is 11.2. The van der Waals surface area contributed by atoms with Gasteiger partial charge in [0.25, 0.3) is 0 Å². The molecule has 0 saturated carbocycles. The molecule has 0 amide bonds. The van der Waals surface area contributed by atoms with Gasteiger partial charge in [-0.3, -0.25) is 9.80 Å². The highest BCUT2D eigenvalue weighted by molar-refractivity contribution is 6.29. The van der Waals surface area contributed by atoms with E-state index in [1.54, 1.807) is 0 Å². The van der Waals surface area contributed by atoms with Gasteiger partial charge in [-0.2, -0.15) is 0 Å². The highest BCUT2D eigenvalue weighted by Crippen LogP contribution is 2.38. The second-order valence-electron chi connectivity index (χ2n) is 10.2. The first-order chi connectivity index (χ1) is 15.1. The Morgan fingerprint density at radius 3 is 2.03 bits per heavy atom. The van der Waals surface area contributed by atoms with E-state index in [2.05, 4.69) is 57.2 Å². The smallest absolute Gasteiger partial charge is 0.0510 e. The van der Waals surface area contributed by atoms with Gasteiger partial charge in [0.05, 0.1) is 6.67 Å². The van der Waals surface area contributed by atoms with Crippen molar-refractivity contribution in [2.24, 2.45) is 23.7 Å². The van der Waals surface area contributed by atoms with Crippen LogP contribution in [-0.2, 0) is 6.54 Å². The molecule has 2 aliphatic heterocycles. The molecule has 0 spiro atoms. The van der Waals surface area contributed by atoms with E-state index in [9.17, 15) is 0 Å². The molecule has 0 aromatic heterocycles. The summed E-state index contributed by atoms with van der Waals surface area (Å²) in [6.45, 7) is 9.24. The number of likely N-dealkylation sites (tertiary alicyclic amines) is 2. The maximum absolute atomic E-state index is 6.34. The molecular formula is C26H35Cl2N3. The summed E-state index contributed by atoms with van der Waals surface area (Å²) in [6.07, 6.45) is 8.99. The Balaban J connectivity index is 1.18. The Kier molecular flexibility index (Phi) is 7.07. The number of benzene rings is 1. The number of fused-ring (bicyclic) bond motifs is 2. The summed E-state index contributed by atoms with van der Waals surface area (Å²) < 4.78 is 0. The lowest BCUT2D eigenvalue weighted by Gasteiger charge is -2.30. The third kappa shape index (κ3) is 5.57. The summed E-state index contributed by atoms with van der Waals surface area (Å²) in [6, 6.07) is 11.0. The van der Waals surface area contributed by atoms with Crippen LogP contribution in [0, 0.1) is 23.7 Å². The van der Waals surface area contributed by atoms with Crippen molar-refractivity contribution in [1.29, 1.82) is 0 Å². The maximum Gasteiger partial charge on any atom is 0.0510 e. The van der Waals surface area contributed by atoms with E-state index in [4.69, 9.17) is 23.2 Å². The van der Waals surface area contributed by atoms with E-state index >= 15 is 0 Å². The Morgan fingerprint density at radius 1 is 0.774 bits per heavy atom. The molecule has 31 heavy (non-hydrogen) atoms. The fourth-order valence-corrected chi connectivity index (χ4v) is 6.77. The zero-order valence-corrected chi connectivity index (χ0v) is 19.9. The van der Waals surface area contributed by atoms with Crippen molar-refractivity contribution in [3.63, 3.8) is 0 Å². The molecule has 0 N–H and O–H groups in total. The van der Waals surface area contributed by atoms with Gasteiger partial charge in [0.15, 0.2) is 0 Å². The third-order valence-corrected chi connectivity index (χ3v) is 8.50. The van der Waals surface area contributed by atoms with E-state index in [1.807, 2.05) is 0 Å². The fraction of sp³-hybridized carbons (Fsp3) is 0.615. The minimum absolute atomic E-state index is 0.745. The van der Waals surface area contributed by atoms with Crippen LogP contribution >= 0.6 is 23.2 Å².